The smallest absolute Gasteiger partial charge is 0.163 e. The van der Waals surface area contributed by atoms with Gasteiger partial charge < -0.3 is 14.4 Å². The van der Waals surface area contributed by atoms with Crippen molar-refractivity contribution in [2.24, 2.45) is 0 Å². The number of hydrogen-bond acceptors (Lipinski definition) is 7. The van der Waals surface area contributed by atoms with Crippen molar-refractivity contribution in [2.45, 2.75) is 0 Å². The Labute approximate surface area is 157 Å². The zero-order valence-corrected chi connectivity index (χ0v) is 15.6. The van der Waals surface area contributed by atoms with Gasteiger partial charge in [-0.1, -0.05) is 11.6 Å². The number of fused-ring (bicyclic) bond motifs is 1. The molecule has 0 spiro atoms. The minimum absolute atomic E-state index is 0.329. The van der Waals surface area contributed by atoms with Crippen LogP contribution >= 0.6 is 11.6 Å². The molecule has 26 heavy (non-hydrogen) atoms. The molecule has 1 fully saturated rings. The molecule has 3 rings (SSSR count). The maximum absolute atomic E-state index is 9.07. The molecule has 0 saturated carbocycles. The number of aromatic nitrogens is 1. The summed E-state index contributed by atoms with van der Waals surface area (Å²) in [7, 11) is 3.66. The summed E-state index contributed by atoms with van der Waals surface area (Å²) in [6.07, 6.45) is 1.46. The molecule has 1 saturated heterocycles. The van der Waals surface area contributed by atoms with E-state index in [1.165, 1.54) is 6.20 Å². The number of nitrogens with zero attached hydrogens (tertiary/aromatic N) is 4. The highest BCUT2D eigenvalue weighted by molar-refractivity contribution is 6.36. The van der Waals surface area contributed by atoms with Crippen molar-refractivity contribution in [1.29, 1.82) is 5.26 Å². The van der Waals surface area contributed by atoms with E-state index in [4.69, 9.17) is 31.2 Å². The Morgan fingerprint density at radius 2 is 1.96 bits per heavy atom. The van der Waals surface area contributed by atoms with Gasteiger partial charge in [0.1, 0.15) is 19.3 Å². The first-order chi connectivity index (χ1) is 12.6. The van der Waals surface area contributed by atoms with Gasteiger partial charge in [0.25, 0.3) is 0 Å². The van der Waals surface area contributed by atoms with E-state index in [-0.39, 0.29) is 0 Å². The molecule has 2 heterocycles. The standard InChI is InChI=1S/C18H21ClN4O3/c1-22-3-5-23(6-4-22)26-8-7-25-17-10-15-14(9-16(17)24-2)18(19)13(11-20)12-21-15/h9-10,12H,3-8H2,1-2H3. The van der Waals surface area contributed by atoms with E-state index in [0.717, 1.165) is 26.2 Å². The second kappa shape index (κ2) is 8.52. The van der Waals surface area contributed by atoms with Crippen LogP contribution in [0.4, 0.5) is 0 Å². The van der Waals surface area contributed by atoms with Crippen LogP contribution in [0.25, 0.3) is 10.9 Å². The fraction of sp³-hybridized carbons (Fsp3) is 0.444. The number of benzene rings is 1. The van der Waals surface area contributed by atoms with Crippen LogP contribution in [0.1, 0.15) is 5.56 Å². The van der Waals surface area contributed by atoms with Gasteiger partial charge in [-0.3, -0.25) is 9.82 Å². The summed E-state index contributed by atoms with van der Waals surface area (Å²) in [4.78, 5) is 12.3. The molecule has 138 valence electrons. The quantitative estimate of drug-likeness (QED) is 0.716. The molecule has 0 radical (unpaired) electrons. The zero-order valence-electron chi connectivity index (χ0n) is 14.9. The minimum Gasteiger partial charge on any atom is -0.493 e. The highest BCUT2D eigenvalue weighted by atomic mass is 35.5. The van der Waals surface area contributed by atoms with Gasteiger partial charge in [0.2, 0.25) is 0 Å². The predicted octanol–water partition coefficient (Wildman–Crippen LogP) is 2.33. The highest BCUT2D eigenvalue weighted by Crippen LogP contribution is 2.35. The number of halogens is 1. The van der Waals surface area contributed by atoms with Crippen molar-refractivity contribution in [2.75, 3.05) is 53.6 Å². The average Bonchev–Trinajstić information content (AvgIpc) is 2.66. The lowest BCUT2D eigenvalue weighted by atomic mass is 10.1. The molecular formula is C18H21ClN4O3. The summed E-state index contributed by atoms with van der Waals surface area (Å²) in [5.41, 5.74) is 0.972. The lowest BCUT2D eigenvalue weighted by Gasteiger charge is -2.31. The van der Waals surface area contributed by atoms with E-state index in [1.807, 2.05) is 11.1 Å². The molecule has 8 heteroatoms. The molecule has 0 amide bonds. The summed E-state index contributed by atoms with van der Waals surface area (Å²) in [5.74, 6) is 1.10. The topological polar surface area (TPSA) is 70.8 Å². The van der Waals surface area contributed by atoms with E-state index in [2.05, 4.69) is 16.9 Å². The van der Waals surface area contributed by atoms with E-state index < -0.39 is 0 Å². The molecule has 7 nitrogen and oxygen atoms in total. The minimum atomic E-state index is 0.329. The molecule has 0 atom stereocenters. The van der Waals surface area contributed by atoms with E-state index >= 15 is 0 Å². The molecule has 1 aromatic heterocycles. The third kappa shape index (κ3) is 4.17. The first kappa shape index (κ1) is 18.7. The van der Waals surface area contributed by atoms with Crippen LogP contribution in [0.5, 0.6) is 11.5 Å². The monoisotopic (exact) mass is 376 g/mol. The Morgan fingerprint density at radius 3 is 2.65 bits per heavy atom. The Morgan fingerprint density at radius 1 is 1.19 bits per heavy atom. The molecule has 1 aliphatic heterocycles. The number of pyridine rings is 1. The number of methoxy groups -OCH3 is 1. The molecule has 0 bridgehead atoms. The number of piperazine rings is 1. The first-order valence-corrected chi connectivity index (χ1v) is 8.75. The summed E-state index contributed by atoms with van der Waals surface area (Å²) >= 11 is 6.26. The number of ether oxygens (including phenoxy) is 2. The van der Waals surface area contributed by atoms with Gasteiger partial charge in [0.05, 0.1) is 23.2 Å². The molecule has 2 aromatic rings. The van der Waals surface area contributed by atoms with Gasteiger partial charge in [0.15, 0.2) is 11.5 Å². The van der Waals surface area contributed by atoms with E-state index in [0.29, 0.717) is 46.2 Å². The van der Waals surface area contributed by atoms with Crippen LogP contribution in [0.2, 0.25) is 5.02 Å². The predicted molar refractivity (Wildman–Crippen MR) is 98.5 cm³/mol. The van der Waals surface area contributed by atoms with Crippen LogP contribution in [0.15, 0.2) is 18.3 Å². The molecule has 0 N–H and O–H groups in total. The molecule has 1 aromatic carbocycles. The van der Waals surface area contributed by atoms with Crippen molar-refractivity contribution < 1.29 is 14.3 Å². The third-order valence-electron chi connectivity index (χ3n) is 4.29. The average molecular weight is 377 g/mol. The second-order valence-electron chi connectivity index (χ2n) is 6.03. The molecule has 0 unspecified atom stereocenters. The molecular weight excluding hydrogens is 356 g/mol. The van der Waals surface area contributed by atoms with Crippen LogP contribution in [0.3, 0.4) is 0 Å². The van der Waals surface area contributed by atoms with Crippen LogP contribution in [-0.4, -0.2) is 68.5 Å². The lowest BCUT2D eigenvalue weighted by molar-refractivity contribution is -0.179. The second-order valence-corrected chi connectivity index (χ2v) is 6.41. The Kier molecular flexibility index (Phi) is 6.12. The van der Waals surface area contributed by atoms with Crippen molar-refractivity contribution in [3.8, 4) is 17.6 Å². The highest BCUT2D eigenvalue weighted by Gasteiger charge is 2.15. The summed E-state index contributed by atoms with van der Waals surface area (Å²) in [6, 6.07) is 5.52. The summed E-state index contributed by atoms with van der Waals surface area (Å²) in [5, 5.41) is 12.1. The van der Waals surface area contributed by atoms with Crippen LogP contribution in [0, 0.1) is 11.3 Å². The fourth-order valence-corrected chi connectivity index (χ4v) is 3.00. The summed E-state index contributed by atoms with van der Waals surface area (Å²) in [6.45, 7) is 4.61. The Balaban J connectivity index is 1.65. The third-order valence-corrected chi connectivity index (χ3v) is 4.69. The molecule has 1 aliphatic rings. The maximum Gasteiger partial charge on any atom is 0.163 e. The first-order valence-electron chi connectivity index (χ1n) is 8.38. The lowest BCUT2D eigenvalue weighted by Crippen LogP contribution is -2.44. The SMILES string of the molecule is COc1cc2c(Cl)c(C#N)cnc2cc1OCCON1CCN(C)CC1. The van der Waals surface area contributed by atoms with Crippen molar-refractivity contribution in [3.63, 3.8) is 0 Å². The largest absolute Gasteiger partial charge is 0.493 e. The summed E-state index contributed by atoms with van der Waals surface area (Å²) < 4.78 is 11.2. The van der Waals surface area contributed by atoms with Gasteiger partial charge in [0, 0.05) is 43.8 Å². The number of nitriles is 1. The van der Waals surface area contributed by atoms with E-state index in [1.54, 1.807) is 19.2 Å². The van der Waals surface area contributed by atoms with Crippen molar-refractivity contribution >= 4 is 22.5 Å². The van der Waals surface area contributed by atoms with Crippen molar-refractivity contribution in [3.05, 3.63) is 28.9 Å². The molecule has 0 aliphatic carbocycles. The fourth-order valence-electron chi connectivity index (χ4n) is 2.75. The van der Waals surface area contributed by atoms with Gasteiger partial charge in [-0.05, 0) is 13.1 Å². The number of hydrogen-bond donors (Lipinski definition) is 0. The van der Waals surface area contributed by atoms with Gasteiger partial charge in [-0.2, -0.15) is 10.3 Å². The number of likely N-dealkylation sites (N-methyl/N-ethyl adjacent to an activating group) is 1. The number of rotatable bonds is 6. The maximum atomic E-state index is 9.07. The Bertz CT molecular complexity index is 816. The van der Waals surface area contributed by atoms with E-state index in [9.17, 15) is 0 Å². The van der Waals surface area contributed by atoms with Crippen molar-refractivity contribution in [1.82, 2.24) is 14.9 Å². The van der Waals surface area contributed by atoms with Gasteiger partial charge >= 0.3 is 0 Å². The van der Waals surface area contributed by atoms with Gasteiger partial charge in [-0.15, -0.1) is 0 Å². The Hall–Kier alpha value is -2.11. The zero-order chi connectivity index (χ0) is 18.5. The van der Waals surface area contributed by atoms with Crippen LogP contribution < -0.4 is 9.47 Å². The number of hydroxylamine groups is 2. The van der Waals surface area contributed by atoms with Crippen LogP contribution in [-0.2, 0) is 4.84 Å². The van der Waals surface area contributed by atoms with Gasteiger partial charge in [-0.25, -0.2) is 0 Å². The normalized spacial score (nSPS) is 15.8.